The van der Waals surface area contributed by atoms with Crippen molar-refractivity contribution in [2.75, 3.05) is 6.54 Å². The lowest BCUT2D eigenvalue weighted by atomic mass is 10.2. The minimum atomic E-state index is -3.95. The van der Waals surface area contributed by atoms with Gasteiger partial charge in [-0.05, 0) is 66.7 Å². The molecule has 2 aromatic carbocycles. The molecular formula is C18H14BrClN2O3S2. The van der Waals surface area contributed by atoms with Crippen molar-refractivity contribution < 1.29 is 13.2 Å². The van der Waals surface area contributed by atoms with Gasteiger partial charge in [0, 0.05) is 16.0 Å². The molecule has 0 aliphatic carbocycles. The van der Waals surface area contributed by atoms with E-state index in [-0.39, 0.29) is 16.0 Å². The highest BCUT2D eigenvalue weighted by Crippen LogP contribution is 2.33. The minimum absolute atomic E-state index is 0.0221. The molecule has 140 valence electrons. The summed E-state index contributed by atoms with van der Waals surface area (Å²) in [5.41, 5.74) is 0.840. The molecule has 3 rings (SSSR count). The summed E-state index contributed by atoms with van der Waals surface area (Å²) in [5.74, 6) is -0.268. The van der Waals surface area contributed by atoms with Gasteiger partial charge in [0.2, 0.25) is 0 Å². The van der Waals surface area contributed by atoms with E-state index in [9.17, 15) is 13.2 Å². The summed E-state index contributed by atoms with van der Waals surface area (Å²) in [6, 6.07) is 13.2. The summed E-state index contributed by atoms with van der Waals surface area (Å²) in [5, 5.41) is 0.572. The number of hydrogen-bond acceptors (Lipinski definition) is 4. The smallest absolute Gasteiger partial charge is 0.284 e. The van der Waals surface area contributed by atoms with E-state index in [2.05, 4.69) is 20.3 Å². The highest BCUT2D eigenvalue weighted by molar-refractivity contribution is 9.10. The third kappa shape index (κ3) is 4.63. The number of likely N-dealkylation sites (N-methyl/N-ethyl adjacent to an activating group) is 1. The molecule has 0 unspecified atom stereocenters. The first-order valence-corrected chi connectivity index (χ1v) is 11.3. The third-order valence-corrected chi connectivity index (χ3v) is 6.87. The van der Waals surface area contributed by atoms with Crippen LogP contribution in [0, 0.1) is 0 Å². The zero-order valence-electron chi connectivity index (χ0n) is 14.1. The summed E-state index contributed by atoms with van der Waals surface area (Å²) in [7, 11) is -3.95. The molecule has 0 saturated carbocycles. The number of thioether (sulfide) groups is 1. The minimum Gasteiger partial charge on any atom is -0.286 e. The van der Waals surface area contributed by atoms with Crippen molar-refractivity contribution in [2.24, 2.45) is 4.40 Å². The first-order chi connectivity index (χ1) is 12.8. The molecule has 1 aliphatic heterocycles. The van der Waals surface area contributed by atoms with Gasteiger partial charge in [-0.3, -0.25) is 9.69 Å². The van der Waals surface area contributed by atoms with Crippen molar-refractivity contribution >= 4 is 66.5 Å². The number of nitrogens with zero attached hydrogens (tertiary/aromatic N) is 2. The maximum Gasteiger partial charge on any atom is 0.284 e. The van der Waals surface area contributed by atoms with E-state index in [1.807, 2.05) is 24.3 Å². The van der Waals surface area contributed by atoms with Gasteiger partial charge in [-0.15, -0.1) is 4.40 Å². The second-order valence-electron chi connectivity index (χ2n) is 5.51. The summed E-state index contributed by atoms with van der Waals surface area (Å²) in [4.78, 5) is 14.4. The Bertz CT molecular complexity index is 1030. The van der Waals surface area contributed by atoms with E-state index in [1.165, 1.54) is 29.2 Å². The topological polar surface area (TPSA) is 66.8 Å². The number of carbonyl (C=O) groups excluding carboxylic acids is 1. The second kappa shape index (κ2) is 8.18. The Morgan fingerprint density at radius 3 is 2.37 bits per heavy atom. The molecule has 27 heavy (non-hydrogen) atoms. The van der Waals surface area contributed by atoms with Crippen LogP contribution < -0.4 is 0 Å². The Balaban J connectivity index is 1.95. The van der Waals surface area contributed by atoms with Gasteiger partial charge in [0.05, 0.1) is 9.80 Å². The fraction of sp³-hybridized carbons (Fsp3) is 0.111. The lowest BCUT2D eigenvalue weighted by molar-refractivity contribution is -0.122. The lowest BCUT2D eigenvalue weighted by Crippen LogP contribution is -2.29. The molecule has 0 radical (unpaired) electrons. The molecule has 9 heteroatoms. The predicted molar refractivity (Wildman–Crippen MR) is 113 cm³/mol. The average molecular weight is 486 g/mol. The molecule has 1 saturated heterocycles. The molecule has 0 atom stereocenters. The molecule has 0 spiro atoms. The zero-order valence-corrected chi connectivity index (χ0v) is 18.1. The van der Waals surface area contributed by atoms with E-state index < -0.39 is 10.0 Å². The first kappa shape index (κ1) is 20.1. The van der Waals surface area contributed by atoms with Crippen LogP contribution >= 0.6 is 39.3 Å². The van der Waals surface area contributed by atoms with Crippen LogP contribution in [-0.4, -0.2) is 30.9 Å². The van der Waals surface area contributed by atoms with E-state index in [0.29, 0.717) is 16.5 Å². The second-order valence-corrected chi connectivity index (χ2v) is 9.48. The third-order valence-electron chi connectivity index (χ3n) is 3.68. The van der Waals surface area contributed by atoms with Crippen molar-refractivity contribution in [3.8, 4) is 0 Å². The molecule has 1 fully saturated rings. The molecule has 2 aromatic rings. The van der Waals surface area contributed by atoms with Gasteiger partial charge in [-0.25, -0.2) is 0 Å². The van der Waals surface area contributed by atoms with Gasteiger partial charge in [0.1, 0.15) is 0 Å². The zero-order chi connectivity index (χ0) is 19.6. The first-order valence-electron chi connectivity index (χ1n) is 7.87. The standard InChI is InChI=1S/C18H14BrClN2O3S2/c1-2-22-17(23)16(11-12-3-5-13(19)6-4-12)26-18(22)21-27(24,25)15-9-7-14(20)8-10-15/h3-11H,2H2,1H3/b16-11+,21-18?. The van der Waals surface area contributed by atoms with Crippen molar-refractivity contribution in [3.05, 3.63) is 68.5 Å². The van der Waals surface area contributed by atoms with E-state index in [1.54, 1.807) is 13.0 Å². The Morgan fingerprint density at radius 2 is 1.78 bits per heavy atom. The number of carbonyl (C=O) groups is 1. The average Bonchev–Trinajstić information content (AvgIpc) is 2.91. The van der Waals surface area contributed by atoms with Crippen molar-refractivity contribution in [1.82, 2.24) is 4.90 Å². The van der Waals surface area contributed by atoms with Crippen molar-refractivity contribution in [3.63, 3.8) is 0 Å². The number of benzene rings is 2. The molecule has 1 aliphatic rings. The molecule has 5 nitrogen and oxygen atoms in total. The van der Waals surface area contributed by atoms with Gasteiger partial charge < -0.3 is 0 Å². The molecule has 0 bridgehead atoms. The van der Waals surface area contributed by atoms with Gasteiger partial charge >= 0.3 is 0 Å². The maximum absolute atomic E-state index is 12.6. The van der Waals surface area contributed by atoms with Crippen LogP contribution in [0.25, 0.3) is 6.08 Å². The summed E-state index contributed by atoms with van der Waals surface area (Å²) < 4.78 is 29.9. The van der Waals surface area contributed by atoms with Crippen molar-refractivity contribution in [2.45, 2.75) is 11.8 Å². The van der Waals surface area contributed by atoms with Crippen LogP contribution in [0.3, 0.4) is 0 Å². The summed E-state index contributed by atoms with van der Waals surface area (Å²) in [6.07, 6.45) is 1.72. The van der Waals surface area contributed by atoms with Crippen LogP contribution in [0.2, 0.25) is 5.02 Å². The van der Waals surface area contributed by atoms with Crippen LogP contribution in [0.5, 0.6) is 0 Å². The summed E-state index contributed by atoms with van der Waals surface area (Å²) >= 11 is 10.2. The number of halogens is 2. The predicted octanol–water partition coefficient (Wildman–Crippen LogP) is 4.78. The molecule has 0 N–H and O–H groups in total. The van der Waals surface area contributed by atoms with Gasteiger partial charge in [0.15, 0.2) is 5.17 Å². The summed E-state index contributed by atoms with van der Waals surface area (Å²) in [6.45, 7) is 2.09. The molecule has 1 heterocycles. The Labute approximate surface area is 175 Å². The fourth-order valence-electron chi connectivity index (χ4n) is 2.33. The Hall–Kier alpha value is -1.61. The Kier molecular flexibility index (Phi) is 6.10. The number of amides is 1. The van der Waals surface area contributed by atoms with Gasteiger partial charge in [-0.1, -0.05) is 39.7 Å². The van der Waals surface area contributed by atoms with Gasteiger partial charge in [-0.2, -0.15) is 8.42 Å². The van der Waals surface area contributed by atoms with E-state index in [4.69, 9.17) is 11.6 Å². The maximum atomic E-state index is 12.6. The van der Waals surface area contributed by atoms with Crippen molar-refractivity contribution in [1.29, 1.82) is 0 Å². The lowest BCUT2D eigenvalue weighted by Gasteiger charge is -2.11. The normalized spacial score (nSPS) is 17.9. The highest BCUT2D eigenvalue weighted by atomic mass is 79.9. The number of rotatable bonds is 4. The largest absolute Gasteiger partial charge is 0.286 e. The number of amidine groups is 1. The highest BCUT2D eigenvalue weighted by Gasteiger charge is 2.34. The van der Waals surface area contributed by atoms with E-state index >= 15 is 0 Å². The van der Waals surface area contributed by atoms with Crippen LogP contribution in [0.4, 0.5) is 0 Å². The number of sulfonamides is 1. The number of hydrogen-bond donors (Lipinski definition) is 0. The SMILES string of the molecule is CCN1C(=O)/C(=C\c2ccc(Br)cc2)SC1=NS(=O)(=O)c1ccc(Cl)cc1. The molecule has 1 amide bonds. The van der Waals surface area contributed by atoms with Crippen LogP contribution in [0.1, 0.15) is 12.5 Å². The van der Waals surface area contributed by atoms with Gasteiger partial charge in [0.25, 0.3) is 15.9 Å². The monoisotopic (exact) mass is 484 g/mol. The van der Waals surface area contributed by atoms with Crippen LogP contribution in [-0.2, 0) is 14.8 Å². The molecular weight excluding hydrogens is 472 g/mol. The Morgan fingerprint density at radius 1 is 1.15 bits per heavy atom. The quantitative estimate of drug-likeness (QED) is 0.584. The van der Waals surface area contributed by atoms with E-state index in [0.717, 1.165) is 21.8 Å². The van der Waals surface area contributed by atoms with Crippen LogP contribution in [0.15, 0.2) is 67.2 Å². The fourth-order valence-corrected chi connectivity index (χ4v) is 4.96. The molecule has 0 aromatic heterocycles.